The van der Waals surface area contributed by atoms with E-state index >= 15 is 0 Å². The highest BCUT2D eigenvalue weighted by Gasteiger charge is 2.10. The number of aromatic nitrogens is 2. The lowest BCUT2D eigenvalue weighted by molar-refractivity contribution is 1.26. The van der Waals surface area contributed by atoms with Crippen molar-refractivity contribution in [2.45, 2.75) is 6.92 Å². The summed E-state index contributed by atoms with van der Waals surface area (Å²) >= 11 is 1.69. The van der Waals surface area contributed by atoms with Crippen LogP contribution in [0.1, 0.15) is 5.69 Å². The molecule has 0 radical (unpaired) electrons. The normalized spacial score (nSPS) is 10.6. The third-order valence-electron chi connectivity index (χ3n) is 2.90. The zero-order chi connectivity index (χ0) is 13.2. The van der Waals surface area contributed by atoms with Crippen molar-refractivity contribution in [3.8, 4) is 21.0 Å². The first kappa shape index (κ1) is 11.9. The summed E-state index contributed by atoms with van der Waals surface area (Å²) in [7, 11) is 0. The van der Waals surface area contributed by atoms with E-state index in [1.54, 1.807) is 23.7 Å². The molecule has 0 bridgehead atoms. The summed E-state index contributed by atoms with van der Waals surface area (Å²) in [5.41, 5.74) is 9.80. The van der Waals surface area contributed by atoms with Crippen LogP contribution in [0.2, 0.25) is 0 Å². The maximum atomic E-state index is 5.72. The molecule has 0 unspecified atom stereocenters. The zero-order valence-electron chi connectivity index (χ0n) is 10.5. The number of hydrogen-bond acceptors (Lipinski definition) is 4. The van der Waals surface area contributed by atoms with Gasteiger partial charge in [-0.3, -0.25) is 4.98 Å². The fourth-order valence-corrected chi connectivity index (χ4v) is 2.99. The number of hydrogen-bond donors (Lipinski definition) is 1. The number of rotatable bonds is 2. The second-order valence-corrected chi connectivity index (χ2v) is 5.29. The Morgan fingerprint density at radius 1 is 0.947 bits per heavy atom. The fraction of sp³-hybridized carbons (Fsp3) is 0.0667. The van der Waals surface area contributed by atoms with Crippen LogP contribution in [-0.4, -0.2) is 9.97 Å². The molecule has 0 aliphatic rings. The lowest BCUT2D eigenvalue weighted by Crippen LogP contribution is -1.83. The van der Waals surface area contributed by atoms with Crippen molar-refractivity contribution in [1.29, 1.82) is 0 Å². The van der Waals surface area contributed by atoms with Gasteiger partial charge in [-0.2, -0.15) is 0 Å². The van der Waals surface area contributed by atoms with E-state index in [4.69, 9.17) is 5.73 Å². The zero-order valence-corrected chi connectivity index (χ0v) is 11.3. The Bertz CT molecular complexity index is 687. The van der Waals surface area contributed by atoms with Gasteiger partial charge in [0.2, 0.25) is 0 Å². The van der Waals surface area contributed by atoms with E-state index in [0.717, 1.165) is 27.5 Å². The maximum absolute atomic E-state index is 5.72. The predicted molar refractivity (Wildman–Crippen MR) is 79.9 cm³/mol. The van der Waals surface area contributed by atoms with Crippen LogP contribution in [0.5, 0.6) is 0 Å². The Morgan fingerprint density at radius 2 is 1.63 bits per heavy atom. The molecule has 0 saturated heterocycles. The summed E-state index contributed by atoms with van der Waals surface area (Å²) in [6.45, 7) is 2.03. The van der Waals surface area contributed by atoms with Crippen molar-refractivity contribution in [2.24, 2.45) is 0 Å². The minimum atomic E-state index is 0.778. The van der Waals surface area contributed by atoms with Crippen molar-refractivity contribution in [1.82, 2.24) is 9.97 Å². The Kier molecular flexibility index (Phi) is 3.01. The van der Waals surface area contributed by atoms with Crippen molar-refractivity contribution >= 4 is 17.0 Å². The minimum Gasteiger partial charge on any atom is -0.399 e. The number of benzene rings is 1. The van der Waals surface area contributed by atoms with E-state index in [2.05, 4.69) is 9.97 Å². The van der Waals surface area contributed by atoms with Gasteiger partial charge in [0.15, 0.2) is 0 Å². The van der Waals surface area contributed by atoms with E-state index in [9.17, 15) is 0 Å². The van der Waals surface area contributed by atoms with Gasteiger partial charge in [-0.25, -0.2) is 4.98 Å². The van der Waals surface area contributed by atoms with Gasteiger partial charge < -0.3 is 5.73 Å². The van der Waals surface area contributed by atoms with Gasteiger partial charge >= 0.3 is 0 Å². The average molecular weight is 267 g/mol. The number of aryl methyl sites for hydroxylation is 1. The summed E-state index contributed by atoms with van der Waals surface area (Å²) in [6.07, 6.45) is 3.57. The van der Waals surface area contributed by atoms with Crippen LogP contribution in [-0.2, 0) is 0 Å². The van der Waals surface area contributed by atoms with Gasteiger partial charge in [0.1, 0.15) is 5.01 Å². The van der Waals surface area contributed by atoms with Crippen LogP contribution in [0.3, 0.4) is 0 Å². The molecule has 1 aromatic carbocycles. The molecule has 0 atom stereocenters. The third-order valence-corrected chi connectivity index (χ3v) is 4.15. The number of anilines is 1. The Balaban J connectivity index is 2.05. The molecule has 0 aliphatic carbocycles. The second kappa shape index (κ2) is 4.82. The van der Waals surface area contributed by atoms with Crippen LogP contribution < -0.4 is 5.73 Å². The second-order valence-electron chi connectivity index (χ2n) is 4.29. The lowest BCUT2D eigenvalue weighted by atomic mass is 10.1. The molecule has 0 aliphatic heterocycles. The molecular formula is C15H13N3S. The highest BCUT2D eigenvalue weighted by molar-refractivity contribution is 7.18. The molecule has 0 amide bonds. The van der Waals surface area contributed by atoms with Gasteiger partial charge in [-0.1, -0.05) is 12.1 Å². The highest BCUT2D eigenvalue weighted by Crippen LogP contribution is 2.35. The molecular weight excluding hydrogens is 254 g/mol. The molecule has 0 saturated carbocycles. The molecule has 4 heteroatoms. The third kappa shape index (κ3) is 2.35. The number of nitrogen functional groups attached to an aromatic ring is 1. The topological polar surface area (TPSA) is 51.8 Å². The molecule has 19 heavy (non-hydrogen) atoms. The SMILES string of the molecule is Cc1nc(-c2ccncc2)sc1-c1ccc(N)cc1. The molecule has 2 aromatic heterocycles. The van der Waals surface area contributed by atoms with Crippen LogP contribution in [0.4, 0.5) is 5.69 Å². The van der Waals surface area contributed by atoms with E-state index in [0.29, 0.717) is 0 Å². The number of thiazole rings is 1. The lowest BCUT2D eigenvalue weighted by Gasteiger charge is -1.99. The Labute approximate surface area is 115 Å². The monoisotopic (exact) mass is 267 g/mol. The van der Waals surface area contributed by atoms with Crippen molar-refractivity contribution in [3.05, 3.63) is 54.5 Å². The average Bonchev–Trinajstić information content (AvgIpc) is 2.83. The summed E-state index contributed by atoms with van der Waals surface area (Å²) in [5, 5.41) is 1.02. The van der Waals surface area contributed by atoms with Crippen LogP contribution in [0, 0.1) is 6.92 Å². The van der Waals surface area contributed by atoms with E-state index in [-0.39, 0.29) is 0 Å². The van der Waals surface area contributed by atoms with Gasteiger partial charge in [-0.05, 0) is 36.8 Å². The van der Waals surface area contributed by atoms with Gasteiger partial charge in [0.05, 0.1) is 10.6 Å². The quantitative estimate of drug-likeness (QED) is 0.719. The van der Waals surface area contributed by atoms with Crippen molar-refractivity contribution < 1.29 is 0 Å². The van der Waals surface area contributed by atoms with E-state index < -0.39 is 0 Å². The van der Waals surface area contributed by atoms with Gasteiger partial charge in [-0.15, -0.1) is 11.3 Å². The van der Waals surface area contributed by atoms with E-state index in [1.807, 2.05) is 43.3 Å². The molecule has 0 fully saturated rings. The molecule has 0 spiro atoms. The number of pyridine rings is 1. The highest BCUT2D eigenvalue weighted by atomic mass is 32.1. The molecule has 3 aromatic rings. The van der Waals surface area contributed by atoms with Crippen LogP contribution in [0.25, 0.3) is 21.0 Å². The van der Waals surface area contributed by atoms with Crippen LogP contribution >= 0.6 is 11.3 Å². The Hall–Kier alpha value is -2.20. The standard InChI is InChI=1S/C15H13N3S/c1-10-14(11-2-4-13(16)5-3-11)19-15(18-10)12-6-8-17-9-7-12/h2-9H,16H2,1H3. The summed E-state index contributed by atoms with van der Waals surface area (Å²) < 4.78 is 0. The first-order valence-electron chi connectivity index (χ1n) is 5.98. The van der Waals surface area contributed by atoms with Gasteiger partial charge in [0, 0.05) is 23.6 Å². The Morgan fingerprint density at radius 3 is 2.32 bits per heavy atom. The molecule has 2 heterocycles. The largest absolute Gasteiger partial charge is 0.399 e. The maximum Gasteiger partial charge on any atom is 0.124 e. The number of nitrogens with zero attached hydrogens (tertiary/aromatic N) is 2. The van der Waals surface area contributed by atoms with Crippen molar-refractivity contribution in [2.75, 3.05) is 5.73 Å². The first-order chi connectivity index (χ1) is 9.24. The first-order valence-corrected chi connectivity index (χ1v) is 6.79. The minimum absolute atomic E-state index is 0.778. The predicted octanol–water partition coefficient (Wildman–Crippen LogP) is 3.76. The number of nitrogens with two attached hydrogens (primary N) is 1. The molecule has 94 valence electrons. The molecule has 3 nitrogen and oxygen atoms in total. The smallest absolute Gasteiger partial charge is 0.124 e. The summed E-state index contributed by atoms with van der Waals surface area (Å²) in [4.78, 5) is 9.86. The van der Waals surface area contributed by atoms with Gasteiger partial charge in [0.25, 0.3) is 0 Å². The van der Waals surface area contributed by atoms with Crippen LogP contribution in [0.15, 0.2) is 48.8 Å². The molecule has 2 N–H and O–H groups in total. The summed E-state index contributed by atoms with van der Waals surface area (Å²) in [5.74, 6) is 0. The summed E-state index contributed by atoms with van der Waals surface area (Å²) in [6, 6.07) is 11.9. The fourth-order valence-electron chi connectivity index (χ4n) is 1.92. The van der Waals surface area contributed by atoms with E-state index in [1.165, 1.54) is 4.88 Å². The van der Waals surface area contributed by atoms with Crippen molar-refractivity contribution in [3.63, 3.8) is 0 Å². The molecule has 3 rings (SSSR count).